The number of rotatable bonds is 1. The minimum Gasteiger partial charge on any atom is -0.397 e. The summed E-state index contributed by atoms with van der Waals surface area (Å²) in [4.78, 5) is 14.6. The molecule has 2 aromatic rings. The Bertz CT molecular complexity index is 662. The predicted octanol–water partition coefficient (Wildman–Crippen LogP) is 2.22. The molecule has 0 aliphatic carbocycles. The van der Waals surface area contributed by atoms with Crippen LogP contribution >= 0.6 is 11.3 Å². The van der Waals surface area contributed by atoms with E-state index in [1.165, 1.54) is 23.5 Å². The van der Waals surface area contributed by atoms with Gasteiger partial charge >= 0.3 is 0 Å². The van der Waals surface area contributed by atoms with Gasteiger partial charge in [-0.2, -0.15) is 0 Å². The van der Waals surface area contributed by atoms with Gasteiger partial charge in [0.25, 0.3) is 5.91 Å². The van der Waals surface area contributed by atoms with Crippen LogP contribution in [0.15, 0.2) is 18.2 Å². The van der Waals surface area contributed by atoms with Gasteiger partial charge in [-0.3, -0.25) is 4.79 Å². The number of halogens is 1. The number of carbonyl (C=O) groups is 1. The van der Waals surface area contributed by atoms with E-state index in [0.717, 1.165) is 4.70 Å². The SMILES string of the molecule is Nc1c(C(=O)N2CCC(O)CC2)sc2ccc(F)cc12. The Labute approximate surface area is 119 Å². The van der Waals surface area contributed by atoms with Crippen LogP contribution in [0.1, 0.15) is 22.5 Å². The van der Waals surface area contributed by atoms with Crippen LogP contribution < -0.4 is 5.73 Å². The summed E-state index contributed by atoms with van der Waals surface area (Å²) in [6.45, 7) is 1.06. The number of aliphatic hydroxyl groups excluding tert-OH is 1. The highest BCUT2D eigenvalue weighted by Gasteiger charge is 2.25. The van der Waals surface area contributed by atoms with Gasteiger partial charge in [-0.05, 0) is 31.0 Å². The first-order valence-electron chi connectivity index (χ1n) is 6.51. The van der Waals surface area contributed by atoms with Crippen LogP contribution in [0.2, 0.25) is 0 Å². The van der Waals surface area contributed by atoms with Crippen molar-refractivity contribution in [3.63, 3.8) is 0 Å². The minimum absolute atomic E-state index is 0.129. The van der Waals surface area contributed by atoms with E-state index in [1.54, 1.807) is 11.0 Å². The number of piperidine rings is 1. The number of anilines is 1. The maximum atomic E-state index is 13.3. The largest absolute Gasteiger partial charge is 0.397 e. The molecule has 3 N–H and O–H groups in total. The Morgan fingerprint density at radius 1 is 1.40 bits per heavy atom. The van der Waals surface area contributed by atoms with E-state index in [0.29, 0.717) is 41.9 Å². The number of hydrogen-bond donors (Lipinski definition) is 2. The highest BCUT2D eigenvalue weighted by atomic mass is 32.1. The second-order valence-corrected chi connectivity index (χ2v) is 6.06. The average Bonchev–Trinajstić information content (AvgIpc) is 2.76. The molecule has 20 heavy (non-hydrogen) atoms. The Balaban J connectivity index is 1.93. The molecule has 1 aromatic heterocycles. The molecule has 6 heteroatoms. The van der Waals surface area contributed by atoms with Gasteiger partial charge in [0.05, 0.1) is 11.8 Å². The van der Waals surface area contributed by atoms with Gasteiger partial charge in [0.1, 0.15) is 10.7 Å². The van der Waals surface area contributed by atoms with Gasteiger partial charge in [0.2, 0.25) is 0 Å². The fourth-order valence-corrected chi connectivity index (χ4v) is 3.53. The molecule has 0 unspecified atom stereocenters. The Kier molecular flexibility index (Phi) is 3.35. The fraction of sp³-hybridized carbons (Fsp3) is 0.357. The Hall–Kier alpha value is -1.66. The molecule has 1 fully saturated rings. The third-order valence-electron chi connectivity index (χ3n) is 3.63. The van der Waals surface area contributed by atoms with Crippen LogP contribution in [0.4, 0.5) is 10.1 Å². The van der Waals surface area contributed by atoms with Crippen LogP contribution in [-0.2, 0) is 0 Å². The van der Waals surface area contributed by atoms with E-state index in [4.69, 9.17) is 5.73 Å². The molecule has 1 aromatic carbocycles. The molecule has 0 radical (unpaired) electrons. The van der Waals surface area contributed by atoms with Crippen molar-refractivity contribution >= 4 is 33.0 Å². The lowest BCUT2D eigenvalue weighted by Crippen LogP contribution is -2.39. The van der Waals surface area contributed by atoms with E-state index in [9.17, 15) is 14.3 Å². The number of nitrogens with two attached hydrogens (primary N) is 1. The normalized spacial score (nSPS) is 16.8. The number of aliphatic hydroxyl groups is 1. The van der Waals surface area contributed by atoms with Crippen molar-refractivity contribution in [3.8, 4) is 0 Å². The van der Waals surface area contributed by atoms with Crippen LogP contribution in [0, 0.1) is 5.82 Å². The highest BCUT2D eigenvalue weighted by molar-refractivity contribution is 7.21. The number of nitrogen functional groups attached to an aromatic ring is 1. The molecule has 0 atom stereocenters. The van der Waals surface area contributed by atoms with E-state index in [2.05, 4.69) is 0 Å². The summed E-state index contributed by atoms with van der Waals surface area (Å²) < 4.78 is 14.1. The molecule has 1 aliphatic heterocycles. The second-order valence-electron chi connectivity index (χ2n) is 5.01. The van der Waals surface area contributed by atoms with Crippen molar-refractivity contribution in [1.29, 1.82) is 0 Å². The average molecular weight is 294 g/mol. The summed E-state index contributed by atoms with van der Waals surface area (Å²) >= 11 is 1.29. The minimum atomic E-state index is -0.359. The van der Waals surface area contributed by atoms with Gasteiger partial charge in [0, 0.05) is 23.2 Å². The third-order valence-corrected chi connectivity index (χ3v) is 4.81. The number of thiophene rings is 1. The lowest BCUT2D eigenvalue weighted by Gasteiger charge is -2.29. The maximum absolute atomic E-state index is 13.3. The standard InChI is InChI=1S/C14H15FN2O2S/c15-8-1-2-11-10(7-8)12(16)13(20-11)14(19)17-5-3-9(18)4-6-17/h1-2,7,9,18H,3-6,16H2. The van der Waals surface area contributed by atoms with Crippen LogP contribution in [0.25, 0.3) is 10.1 Å². The van der Waals surface area contributed by atoms with E-state index in [1.807, 2.05) is 0 Å². The smallest absolute Gasteiger partial charge is 0.266 e. The molecule has 1 amide bonds. The van der Waals surface area contributed by atoms with Crippen molar-refractivity contribution in [3.05, 3.63) is 28.9 Å². The Morgan fingerprint density at radius 2 is 2.10 bits per heavy atom. The van der Waals surface area contributed by atoms with E-state index >= 15 is 0 Å². The monoisotopic (exact) mass is 294 g/mol. The number of benzene rings is 1. The molecule has 1 aliphatic rings. The van der Waals surface area contributed by atoms with Gasteiger partial charge in [-0.1, -0.05) is 0 Å². The van der Waals surface area contributed by atoms with Crippen molar-refractivity contribution in [1.82, 2.24) is 4.90 Å². The first-order valence-corrected chi connectivity index (χ1v) is 7.33. The first kappa shape index (κ1) is 13.3. The first-order chi connectivity index (χ1) is 9.56. The van der Waals surface area contributed by atoms with Crippen molar-refractivity contribution in [2.45, 2.75) is 18.9 Å². The highest BCUT2D eigenvalue weighted by Crippen LogP contribution is 2.35. The summed E-state index contributed by atoms with van der Waals surface area (Å²) in [6.07, 6.45) is 0.851. The molecular formula is C14H15FN2O2S. The summed E-state index contributed by atoms with van der Waals surface area (Å²) in [7, 11) is 0. The molecule has 1 saturated heterocycles. The van der Waals surface area contributed by atoms with Crippen molar-refractivity contribution in [2.24, 2.45) is 0 Å². The molecule has 106 valence electrons. The molecule has 0 spiro atoms. The zero-order valence-electron chi connectivity index (χ0n) is 10.8. The summed E-state index contributed by atoms with van der Waals surface area (Å²) in [6, 6.07) is 4.37. The predicted molar refractivity (Wildman–Crippen MR) is 77.3 cm³/mol. The molecule has 2 heterocycles. The number of hydrogen-bond acceptors (Lipinski definition) is 4. The van der Waals surface area contributed by atoms with Crippen LogP contribution in [0.5, 0.6) is 0 Å². The summed E-state index contributed by atoms with van der Waals surface area (Å²) in [5, 5.41) is 10.1. The summed E-state index contributed by atoms with van der Waals surface area (Å²) in [5.74, 6) is -0.488. The maximum Gasteiger partial charge on any atom is 0.266 e. The van der Waals surface area contributed by atoms with Gasteiger partial charge < -0.3 is 15.7 Å². The van der Waals surface area contributed by atoms with Crippen LogP contribution in [0.3, 0.4) is 0 Å². The number of nitrogens with zero attached hydrogens (tertiary/aromatic N) is 1. The fourth-order valence-electron chi connectivity index (χ4n) is 2.46. The van der Waals surface area contributed by atoms with Gasteiger partial charge in [-0.25, -0.2) is 4.39 Å². The number of likely N-dealkylation sites (tertiary alicyclic amines) is 1. The van der Waals surface area contributed by atoms with Gasteiger partial charge in [-0.15, -0.1) is 11.3 Å². The molecule has 0 bridgehead atoms. The number of carbonyl (C=O) groups excluding carboxylic acids is 1. The zero-order valence-corrected chi connectivity index (χ0v) is 11.6. The number of fused-ring (bicyclic) bond motifs is 1. The summed E-state index contributed by atoms with van der Waals surface area (Å²) in [5.41, 5.74) is 6.34. The van der Waals surface area contributed by atoms with Crippen LogP contribution in [-0.4, -0.2) is 35.1 Å². The van der Waals surface area contributed by atoms with Crippen molar-refractivity contribution < 1.29 is 14.3 Å². The lowest BCUT2D eigenvalue weighted by atomic mass is 10.1. The quantitative estimate of drug-likeness (QED) is 0.847. The Morgan fingerprint density at radius 3 is 2.80 bits per heavy atom. The van der Waals surface area contributed by atoms with Gasteiger partial charge in [0.15, 0.2) is 0 Å². The second kappa shape index (κ2) is 5.03. The van der Waals surface area contributed by atoms with E-state index < -0.39 is 0 Å². The zero-order chi connectivity index (χ0) is 14.3. The molecule has 0 saturated carbocycles. The van der Waals surface area contributed by atoms with E-state index in [-0.39, 0.29) is 17.8 Å². The molecular weight excluding hydrogens is 279 g/mol. The third kappa shape index (κ3) is 2.25. The topological polar surface area (TPSA) is 66.6 Å². The number of amides is 1. The molecule has 3 rings (SSSR count). The molecule has 4 nitrogen and oxygen atoms in total. The lowest BCUT2D eigenvalue weighted by molar-refractivity contribution is 0.0551. The van der Waals surface area contributed by atoms with Crippen molar-refractivity contribution in [2.75, 3.05) is 18.8 Å².